The number of rotatable bonds is 4. The zero-order chi connectivity index (χ0) is 17.1. The van der Waals surface area contributed by atoms with E-state index in [0.717, 1.165) is 29.5 Å². The molecule has 0 bridgehead atoms. The minimum Gasteiger partial charge on any atom is -0.482 e. The first-order chi connectivity index (χ1) is 11.5. The molecule has 4 heteroatoms. The number of ketones is 1. The average molecular weight is 324 g/mol. The van der Waals surface area contributed by atoms with Crippen LogP contribution in [0.15, 0.2) is 36.4 Å². The van der Waals surface area contributed by atoms with Crippen molar-refractivity contribution in [2.24, 2.45) is 0 Å². The van der Waals surface area contributed by atoms with Crippen LogP contribution >= 0.6 is 0 Å². The fourth-order valence-electron chi connectivity index (χ4n) is 2.99. The molecule has 124 valence electrons. The van der Waals surface area contributed by atoms with E-state index < -0.39 is 5.97 Å². The van der Waals surface area contributed by atoms with E-state index in [-0.39, 0.29) is 12.4 Å². The minimum absolute atomic E-state index is 0.0438. The largest absolute Gasteiger partial charge is 0.482 e. The highest BCUT2D eigenvalue weighted by molar-refractivity contribution is 6.02. The van der Waals surface area contributed by atoms with E-state index in [1.54, 1.807) is 12.1 Å². The number of aryl methyl sites for hydroxylation is 2. The molecule has 0 saturated carbocycles. The molecule has 0 radical (unpaired) electrons. The lowest BCUT2D eigenvalue weighted by atomic mass is 9.87. The van der Waals surface area contributed by atoms with Crippen molar-refractivity contribution in [2.45, 2.75) is 33.1 Å². The molecule has 0 aliphatic heterocycles. The van der Waals surface area contributed by atoms with E-state index in [0.29, 0.717) is 23.5 Å². The van der Waals surface area contributed by atoms with Crippen molar-refractivity contribution in [3.8, 4) is 11.5 Å². The highest BCUT2D eigenvalue weighted by atomic mass is 16.6. The number of carbonyl (C=O) groups is 2. The molecule has 0 amide bonds. The molecule has 0 unspecified atom stereocenters. The Hall–Kier alpha value is -2.62. The van der Waals surface area contributed by atoms with E-state index >= 15 is 0 Å². The van der Waals surface area contributed by atoms with Gasteiger partial charge in [-0.2, -0.15) is 0 Å². The summed E-state index contributed by atoms with van der Waals surface area (Å²) in [5.41, 5.74) is 3.68. The van der Waals surface area contributed by atoms with E-state index in [4.69, 9.17) is 9.47 Å². The van der Waals surface area contributed by atoms with Crippen LogP contribution in [0.2, 0.25) is 0 Å². The van der Waals surface area contributed by atoms with Gasteiger partial charge in [-0.05, 0) is 61.6 Å². The van der Waals surface area contributed by atoms with Gasteiger partial charge >= 0.3 is 5.97 Å². The molecular formula is C20H20O4. The average Bonchev–Trinajstić information content (AvgIpc) is 2.56. The molecule has 1 aliphatic rings. The van der Waals surface area contributed by atoms with Gasteiger partial charge in [0.05, 0.1) is 5.56 Å². The van der Waals surface area contributed by atoms with Crippen LogP contribution in [0.3, 0.4) is 0 Å². The molecule has 0 fully saturated rings. The fourth-order valence-corrected chi connectivity index (χ4v) is 2.99. The fraction of sp³-hybridized carbons (Fsp3) is 0.300. The van der Waals surface area contributed by atoms with Crippen molar-refractivity contribution >= 4 is 11.8 Å². The molecule has 0 N–H and O–H groups in total. The van der Waals surface area contributed by atoms with Crippen LogP contribution in [0.25, 0.3) is 0 Å². The van der Waals surface area contributed by atoms with Crippen LogP contribution < -0.4 is 9.47 Å². The molecule has 2 aromatic carbocycles. The third-order valence-electron chi connectivity index (χ3n) is 4.19. The normalized spacial score (nSPS) is 13.3. The van der Waals surface area contributed by atoms with Crippen LogP contribution in [-0.2, 0) is 11.2 Å². The van der Waals surface area contributed by atoms with E-state index in [2.05, 4.69) is 0 Å². The first-order valence-corrected chi connectivity index (χ1v) is 8.10. The predicted octanol–water partition coefficient (Wildman–Crippen LogP) is 3.81. The third-order valence-corrected chi connectivity index (χ3v) is 4.19. The second-order valence-corrected chi connectivity index (χ2v) is 6.09. The predicted molar refractivity (Wildman–Crippen MR) is 90.8 cm³/mol. The van der Waals surface area contributed by atoms with Gasteiger partial charge in [0.2, 0.25) is 0 Å². The first kappa shape index (κ1) is 16.2. The number of Topliss-reactive ketones (excluding diaryl/α,β-unsaturated/α-hetero) is 1. The van der Waals surface area contributed by atoms with Crippen LogP contribution in [0, 0.1) is 13.8 Å². The Bertz CT molecular complexity index is 792. The Morgan fingerprint density at radius 1 is 1.12 bits per heavy atom. The lowest BCUT2D eigenvalue weighted by Gasteiger charge is -2.20. The molecule has 24 heavy (non-hydrogen) atoms. The Kier molecular flexibility index (Phi) is 4.65. The van der Waals surface area contributed by atoms with Crippen LogP contribution in [0.5, 0.6) is 11.5 Å². The van der Waals surface area contributed by atoms with Crippen LogP contribution in [-0.4, -0.2) is 18.4 Å². The van der Waals surface area contributed by atoms with Gasteiger partial charge in [0.25, 0.3) is 0 Å². The molecule has 4 nitrogen and oxygen atoms in total. The van der Waals surface area contributed by atoms with Gasteiger partial charge < -0.3 is 9.47 Å². The molecule has 2 aromatic rings. The van der Waals surface area contributed by atoms with E-state index in [1.807, 2.05) is 38.1 Å². The van der Waals surface area contributed by atoms with Gasteiger partial charge in [0, 0.05) is 6.42 Å². The number of ether oxygens (including phenoxy) is 2. The standard InChI is InChI=1S/C20H20O4/c1-13-5-3-6-15(11-13)23-12-19(22)24-18-10-9-14(2)16-7-4-8-17(21)20(16)18/h3,5-6,9-11H,4,7-8,12H2,1-2H3. The van der Waals surface area contributed by atoms with Crippen LogP contribution in [0.4, 0.5) is 0 Å². The Labute approximate surface area is 141 Å². The van der Waals surface area contributed by atoms with E-state index in [9.17, 15) is 9.59 Å². The number of esters is 1. The van der Waals surface area contributed by atoms with Crippen LogP contribution in [0.1, 0.15) is 39.9 Å². The number of fused-ring (bicyclic) bond motifs is 1. The summed E-state index contributed by atoms with van der Waals surface area (Å²) in [5.74, 6) is 0.496. The van der Waals surface area contributed by atoms with E-state index in [1.165, 1.54) is 0 Å². The summed E-state index contributed by atoms with van der Waals surface area (Å²) in [5, 5.41) is 0. The lowest BCUT2D eigenvalue weighted by Crippen LogP contribution is -2.21. The summed E-state index contributed by atoms with van der Waals surface area (Å²) in [4.78, 5) is 24.3. The van der Waals surface area contributed by atoms with Gasteiger partial charge in [-0.3, -0.25) is 4.79 Å². The maximum absolute atomic E-state index is 12.2. The lowest BCUT2D eigenvalue weighted by molar-refractivity contribution is -0.136. The van der Waals surface area contributed by atoms with Gasteiger partial charge in [-0.15, -0.1) is 0 Å². The van der Waals surface area contributed by atoms with Crippen molar-refractivity contribution in [1.82, 2.24) is 0 Å². The molecule has 0 heterocycles. The zero-order valence-corrected chi connectivity index (χ0v) is 13.9. The van der Waals surface area contributed by atoms with Crippen molar-refractivity contribution < 1.29 is 19.1 Å². The zero-order valence-electron chi connectivity index (χ0n) is 13.9. The topological polar surface area (TPSA) is 52.6 Å². The second-order valence-electron chi connectivity index (χ2n) is 6.09. The van der Waals surface area contributed by atoms with Crippen molar-refractivity contribution in [3.63, 3.8) is 0 Å². The number of hydrogen-bond acceptors (Lipinski definition) is 4. The number of carbonyl (C=O) groups excluding carboxylic acids is 2. The highest BCUT2D eigenvalue weighted by Crippen LogP contribution is 2.32. The summed E-state index contributed by atoms with van der Waals surface area (Å²) >= 11 is 0. The molecular weight excluding hydrogens is 304 g/mol. The maximum atomic E-state index is 12.2. The van der Waals surface area contributed by atoms with Crippen molar-refractivity contribution in [1.29, 1.82) is 0 Å². The molecule has 3 rings (SSSR count). The Balaban J connectivity index is 1.72. The SMILES string of the molecule is Cc1cccc(OCC(=O)Oc2ccc(C)c3c2C(=O)CCC3)c1. The smallest absolute Gasteiger partial charge is 0.349 e. The Morgan fingerprint density at radius 2 is 1.96 bits per heavy atom. The Morgan fingerprint density at radius 3 is 2.75 bits per heavy atom. The molecule has 1 aliphatic carbocycles. The maximum Gasteiger partial charge on any atom is 0.349 e. The summed E-state index contributed by atoms with van der Waals surface area (Å²) in [7, 11) is 0. The number of benzene rings is 2. The molecule has 0 spiro atoms. The summed E-state index contributed by atoms with van der Waals surface area (Å²) in [6.07, 6.45) is 2.19. The molecule has 0 atom stereocenters. The molecule has 0 saturated heterocycles. The van der Waals surface area contributed by atoms with Gasteiger partial charge in [-0.1, -0.05) is 18.2 Å². The second kappa shape index (κ2) is 6.87. The van der Waals surface area contributed by atoms with Gasteiger partial charge in [0.1, 0.15) is 11.5 Å². The quantitative estimate of drug-likeness (QED) is 0.634. The van der Waals surface area contributed by atoms with Gasteiger partial charge in [0.15, 0.2) is 12.4 Å². The summed E-state index contributed by atoms with van der Waals surface area (Å²) in [6.45, 7) is 3.74. The monoisotopic (exact) mass is 324 g/mol. The minimum atomic E-state index is -0.513. The first-order valence-electron chi connectivity index (χ1n) is 8.10. The van der Waals surface area contributed by atoms with Crippen molar-refractivity contribution in [3.05, 3.63) is 58.7 Å². The number of hydrogen-bond donors (Lipinski definition) is 0. The third kappa shape index (κ3) is 3.48. The van der Waals surface area contributed by atoms with Gasteiger partial charge in [-0.25, -0.2) is 4.79 Å². The molecule has 0 aromatic heterocycles. The van der Waals surface area contributed by atoms with Crippen molar-refractivity contribution in [2.75, 3.05) is 6.61 Å². The highest BCUT2D eigenvalue weighted by Gasteiger charge is 2.24. The summed E-state index contributed by atoms with van der Waals surface area (Å²) in [6, 6.07) is 11.0. The summed E-state index contributed by atoms with van der Waals surface area (Å²) < 4.78 is 10.9.